The molecule has 2 N–H and O–H groups in total. The molecule has 194 valence electrons. The largest absolute Gasteiger partial charge is 0.481 e. The highest BCUT2D eigenvalue weighted by Crippen LogP contribution is 2.27. The van der Waals surface area contributed by atoms with Crippen molar-refractivity contribution >= 4 is 40.6 Å². The Morgan fingerprint density at radius 2 is 1.31 bits per heavy atom. The third-order valence-corrected chi connectivity index (χ3v) is 6.22. The van der Waals surface area contributed by atoms with Crippen molar-refractivity contribution in [1.29, 1.82) is 0 Å². The van der Waals surface area contributed by atoms with E-state index in [0.29, 0.717) is 16.1 Å². The minimum Gasteiger partial charge on any atom is -0.481 e. The van der Waals surface area contributed by atoms with Gasteiger partial charge in [-0.05, 0) is 65.2 Å². The van der Waals surface area contributed by atoms with E-state index in [4.69, 9.17) is 16.7 Å². The number of carboxylic acids is 1. The normalized spacial score (nSPS) is 11.1. The van der Waals surface area contributed by atoms with Crippen molar-refractivity contribution in [2.24, 2.45) is 0 Å². The van der Waals surface area contributed by atoms with Crippen molar-refractivity contribution < 1.29 is 24.3 Å². The van der Waals surface area contributed by atoms with Gasteiger partial charge in [-0.15, -0.1) is 0 Å². The minimum absolute atomic E-state index is 0.00764. The molecule has 1 amide bonds. The first-order valence-corrected chi connectivity index (χ1v) is 12.5. The average Bonchev–Trinajstić information content (AvgIpc) is 2.96. The highest BCUT2D eigenvalue weighted by atomic mass is 35.5. The molecule has 0 bridgehead atoms. The number of hydrogen-bond acceptors (Lipinski definition) is 4. The number of benzene rings is 4. The van der Waals surface area contributed by atoms with E-state index in [1.165, 1.54) is 30.3 Å². The van der Waals surface area contributed by atoms with Gasteiger partial charge in [0.2, 0.25) is 0 Å². The van der Waals surface area contributed by atoms with E-state index in [0.717, 1.165) is 11.1 Å². The summed E-state index contributed by atoms with van der Waals surface area (Å²) >= 11 is 5.97. The van der Waals surface area contributed by atoms with Crippen molar-refractivity contribution in [1.82, 2.24) is 5.32 Å². The molecule has 0 saturated heterocycles. The van der Waals surface area contributed by atoms with Crippen LogP contribution in [0.1, 0.15) is 43.1 Å². The second-order valence-electron chi connectivity index (χ2n) is 8.68. The van der Waals surface area contributed by atoms with E-state index in [1.54, 1.807) is 30.3 Å². The molecule has 0 aromatic heterocycles. The number of nitrogens with one attached hydrogen (secondary N) is 1. The highest BCUT2D eigenvalue weighted by Gasteiger charge is 2.18. The summed E-state index contributed by atoms with van der Waals surface area (Å²) in [6.07, 6.45) is 1.13. The predicted octanol–water partition coefficient (Wildman–Crippen LogP) is 6.36. The van der Waals surface area contributed by atoms with Crippen LogP contribution in [0.5, 0.6) is 0 Å². The fourth-order valence-electron chi connectivity index (χ4n) is 3.92. The highest BCUT2D eigenvalue weighted by molar-refractivity contribution is 6.33. The lowest BCUT2D eigenvalue weighted by molar-refractivity contribution is -0.136. The van der Waals surface area contributed by atoms with Crippen LogP contribution in [0.15, 0.2) is 109 Å². The van der Waals surface area contributed by atoms with Crippen LogP contribution in [-0.2, 0) is 4.79 Å². The van der Waals surface area contributed by atoms with Crippen molar-refractivity contribution in [3.63, 3.8) is 0 Å². The van der Waals surface area contributed by atoms with E-state index in [9.17, 15) is 19.2 Å². The van der Waals surface area contributed by atoms with Gasteiger partial charge in [0, 0.05) is 33.8 Å². The van der Waals surface area contributed by atoms with E-state index in [2.05, 4.69) is 5.32 Å². The Kier molecular flexibility index (Phi) is 8.82. The fraction of sp³-hybridized carbons (Fsp3) is 0.0625. The molecule has 7 heteroatoms. The van der Waals surface area contributed by atoms with Crippen molar-refractivity contribution in [3.05, 3.63) is 136 Å². The molecule has 0 atom stereocenters. The predicted molar refractivity (Wildman–Crippen MR) is 151 cm³/mol. The van der Waals surface area contributed by atoms with Crippen LogP contribution in [0.25, 0.3) is 16.7 Å². The zero-order chi connectivity index (χ0) is 27.8. The molecule has 0 spiro atoms. The Bertz CT molecular complexity index is 1540. The molecule has 4 aromatic carbocycles. The number of carboxylic acid groups (broad SMARTS) is 1. The number of ketones is 2. The van der Waals surface area contributed by atoms with Crippen LogP contribution in [0, 0.1) is 0 Å². The second kappa shape index (κ2) is 12.6. The van der Waals surface area contributed by atoms with Crippen molar-refractivity contribution in [3.8, 4) is 11.1 Å². The van der Waals surface area contributed by atoms with Gasteiger partial charge in [-0.25, -0.2) is 0 Å². The van der Waals surface area contributed by atoms with Crippen LogP contribution in [0.3, 0.4) is 0 Å². The van der Waals surface area contributed by atoms with Gasteiger partial charge in [-0.1, -0.05) is 72.3 Å². The number of carbonyl (C=O) groups is 4. The first-order chi connectivity index (χ1) is 18.8. The van der Waals surface area contributed by atoms with Crippen molar-refractivity contribution in [2.45, 2.75) is 6.42 Å². The lowest BCUT2D eigenvalue weighted by Gasteiger charge is -2.11. The SMILES string of the molecule is O=C(O)CCNC(=O)c1ccc(C(=O)/C(=C\C(=O)c2ccc(Cl)cc2)c2cccc(-c3ccccc3)c2)cc1. The molecule has 0 aliphatic rings. The number of aliphatic carboxylic acids is 1. The van der Waals surface area contributed by atoms with Crippen LogP contribution < -0.4 is 5.32 Å². The molecular formula is C32H24ClNO5. The van der Waals surface area contributed by atoms with E-state index < -0.39 is 11.9 Å². The molecule has 0 fully saturated rings. The summed E-state index contributed by atoms with van der Waals surface area (Å²) in [6, 6.07) is 29.5. The van der Waals surface area contributed by atoms with Gasteiger partial charge in [0.25, 0.3) is 5.91 Å². The third-order valence-electron chi connectivity index (χ3n) is 5.96. The topological polar surface area (TPSA) is 101 Å². The lowest BCUT2D eigenvalue weighted by Crippen LogP contribution is -2.26. The Morgan fingerprint density at radius 1 is 0.692 bits per heavy atom. The van der Waals surface area contributed by atoms with Gasteiger partial charge >= 0.3 is 5.97 Å². The van der Waals surface area contributed by atoms with Crippen LogP contribution in [-0.4, -0.2) is 35.1 Å². The Balaban J connectivity index is 1.68. The number of halogens is 1. The third kappa shape index (κ3) is 7.15. The molecular weight excluding hydrogens is 514 g/mol. The zero-order valence-corrected chi connectivity index (χ0v) is 21.5. The summed E-state index contributed by atoms with van der Waals surface area (Å²) in [7, 11) is 0. The standard InChI is InChI=1S/C32H24ClNO5/c33-27-15-13-22(14-16-27)29(35)20-28(26-8-4-7-25(19-26)21-5-2-1-3-6-21)31(38)23-9-11-24(12-10-23)32(39)34-18-17-30(36)37/h1-16,19-20H,17-18H2,(H,34,39)(H,36,37)/b28-20-. The summed E-state index contributed by atoms with van der Waals surface area (Å²) in [4.78, 5) is 49.9. The van der Waals surface area contributed by atoms with Gasteiger partial charge in [0.05, 0.1) is 6.42 Å². The Labute approximate surface area is 230 Å². The Hall–Kier alpha value is -4.81. The van der Waals surface area contributed by atoms with Crippen LogP contribution in [0.2, 0.25) is 5.02 Å². The van der Waals surface area contributed by atoms with Gasteiger partial charge in [-0.2, -0.15) is 0 Å². The zero-order valence-electron chi connectivity index (χ0n) is 20.8. The summed E-state index contributed by atoms with van der Waals surface area (Å²) in [5.74, 6) is -2.20. The number of rotatable bonds is 10. The van der Waals surface area contributed by atoms with Crippen LogP contribution >= 0.6 is 11.6 Å². The molecule has 0 heterocycles. The van der Waals surface area contributed by atoms with Gasteiger partial charge < -0.3 is 10.4 Å². The molecule has 4 rings (SSSR count). The monoisotopic (exact) mass is 537 g/mol. The van der Waals surface area contributed by atoms with E-state index in [-0.39, 0.29) is 41.2 Å². The molecule has 0 radical (unpaired) electrons. The summed E-state index contributed by atoms with van der Waals surface area (Å²) < 4.78 is 0. The molecule has 0 aliphatic carbocycles. The van der Waals surface area contributed by atoms with E-state index >= 15 is 0 Å². The molecule has 0 aliphatic heterocycles. The molecule has 0 saturated carbocycles. The maximum atomic E-state index is 13.7. The van der Waals surface area contributed by atoms with Crippen LogP contribution in [0.4, 0.5) is 0 Å². The van der Waals surface area contributed by atoms with Gasteiger partial charge in [-0.3, -0.25) is 19.2 Å². The molecule has 0 unspecified atom stereocenters. The number of hydrogen-bond donors (Lipinski definition) is 2. The lowest BCUT2D eigenvalue weighted by atomic mass is 9.92. The minimum atomic E-state index is -1.01. The maximum absolute atomic E-state index is 13.7. The smallest absolute Gasteiger partial charge is 0.305 e. The number of allylic oxidation sites excluding steroid dienone is 2. The van der Waals surface area contributed by atoms with Gasteiger partial charge in [0.1, 0.15) is 0 Å². The summed E-state index contributed by atoms with van der Waals surface area (Å²) in [5.41, 5.74) is 3.58. The summed E-state index contributed by atoms with van der Waals surface area (Å²) in [6.45, 7) is -0.00764. The quantitative estimate of drug-likeness (QED) is 0.181. The Morgan fingerprint density at radius 3 is 1.97 bits per heavy atom. The average molecular weight is 538 g/mol. The fourth-order valence-corrected chi connectivity index (χ4v) is 4.04. The van der Waals surface area contributed by atoms with Gasteiger partial charge in [0.15, 0.2) is 11.6 Å². The molecule has 6 nitrogen and oxygen atoms in total. The maximum Gasteiger partial charge on any atom is 0.305 e. The van der Waals surface area contributed by atoms with E-state index in [1.807, 2.05) is 48.5 Å². The molecule has 4 aromatic rings. The number of Topliss-reactive ketones (excluding diaryl/α,β-unsaturated/α-hetero) is 1. The number of amides is 1. The number of carbonyl (C=O) groups excluding carboxylic acids is 3. The first kappa shape index (κ1) is 27.2. The van der Waals surface area contributed by atoms with Crippen molar-refractivity contribution in [2.75, 3.05) is 6.54 Å². The molecule has 39 heavy (non-hydrogen) atoms. The second-order valence-corrected chi connectivity index (χ2v) is 9.12. The summed E-state index contributed by atoms with van der Waals surface area (Å²) in [5, 5.41) is 11.8. The first-order valence-electron chi connectivity index (χ1n) is 12.1.